The van der Waals surface area contributed by atoms with E-state index in [1.807, 2.05) is 0 Å². The molecule has 1 aromatic rings. The Morgan fingerprint density at radius 1 is 1.63 bits per heavy atom. The lowest BCUT2D eigenvalue weighted by Gasteiger charge is -2.20. The summed E-state index contributed by atoms with van der Waals surface area (Å²) in [6.45, 7) is 0.160. The molecule has 19 heavy (non-hydrogen) atoms. The molecule has 0 radical (unpaired) electrons. The van der Waals surface area contributed by atoms with Crippen LogP contribution in [0.2, 0.25) is 5.02 Å². The molecule has 0 spiro atoms. The smallest absolute Gasteiger partial charge is 0.337 e. The van der Waals surface area contributed by atoms with Crippen molar-refractivity contribution in [1.29, 1.82) is 0 Å². The van der Waals surface area contributed by atoms with Crippen LogP contribution in [0.4, 0.5) is 10.1 Å². The Hall–Kier alpha value is -0.790. The minimum Gasteiger partial charge on any atom is -0.478 e. The van der Waals surface area contributed by atoms with Crippen LogP contribution in [-0.2, 0) is 4.79 Å². The third-order valence-electron chi connectivity index (χ3n) is 2.74. The average molecular weight is 369 g/mol. The van der Waals surface area contributed by atoms with Crippen molar-refractivity contribution in [2.75, 3.05) is 11.4 Å². The molecule has 1 amide bonds. The van der Waals surface area contributed by atoms with Gasteiger partial charge >= 0.3 is 5.97 Å². The van der Waals surface area contributed by atoms with Crippen molar-refractivity contribution in [3.05, 3.63) is 26.9 Å². The molecule has 1 N–H and O–H groups in total. The van der Waals surface area contributed by atoms with Crippen molar-refractivity contribution in [1.82, 2.24) is 0 Å². The summed E-state index contributed by atoms with van der Waals surface area (Å²) in [5.41, 5.74) is -0.619. The molecule has 2 rings (SSSR count). The lowest BCUT2D eigenvalue weighted by Crippen LogP contribution is -2.28. The van der Waals surface area contributed by atoms with Gasteiger partial charge in [-0.1, -0.05) is 11.6 Å². The van der Waals surface area contributed by atoms with Gasteiger partial charge in [0, 0.05) is 18.2 Å². The van der Waals surface area contributed by atoms with Crippen LogP contribution < -0.4 is 4.90 Å². The number of carboxylic acid groups (broad SMARTS) is 1. The fourth-order valence-corrected chi connectivity index (χ4v) is 2.73. The van der Waals surface area contributed by atoms with E-state index in [-0.39, 0.29) is 44.9 Å². The molecule has 1 aliphatic heterocycles. The zero-order valence-corrected chi connectivity index (χ0v) is 12.6. The van der Waals surface area contributed by atoms with Crippen LogP contribution in [0, 0.1) is 5.82 Å². The van der Waals surface area contributed by atoms with Gasteiger partial charge in [-0.2, -0.15) is 12.6 Å². The monoisotopic (exact) mass is 367 g/mol. The number of carbonyl (C=O) groups is 2. The minimum absolute atomic E-state index is 0.0623. The molecule has 4 nitrogen and oxygen atoms in total. The molecule has 0 aliphatic carbocycles. The molecule has 1 saturated heterocycles. The van der Waals surface area contributed by atoms with Crippen molar-refractivity contribution in [2.45, 2.75) is 11.7 Å². The molecule has 0 bridgehead atoms. The summed E-state index contributed by atoms with van der Waals surface area (Å²) in [5.74, 6) is -2.57. The maximum Gasteiger partial charge on any atom is 0.337 e. The number of amides is 1. The van der Waals surface area contributed by atoms with E-state index in [1.54, 1.807) is 0 Å². The largest absolute Gasteiger partial charge is 0.478 e. The average Bonchev–Trinajstić information content (AvgIpc) is 2.64. The third kappa shape index (κ3) is 2.59. The topological polar surface area (TPSA) is 57.6 Å². The highest BCUT2D eigenvalue weighted by Crippen LogP contribution is 2.38. The molecular formula is C11H8BrClFNO3S. The van der Waals surface area contributed by atoms with E-state index in [2.05, 4.69) is 28.6 Å². The van der Waals surface area contributed by atoms with E-state index in [0.717, 1.165) is 11.0 Å². The number of hydrogen-bond donors (Lipinski definition) is 2. The summed E-state index contributed by atoms with van der Waals surface area (Å²) in [6.07, 6.45) is 0.141. The van der Waals surface area contributed by atoms with Gasteiger partial charge in [0.15, 0.2) is 5.82 Å². The van der Waals surface area contributed by atoms with E-state index in [1.165, 1.54) is 0 Å². The molecule has 102 valence electrons. The summed E-state index contributed by atoms with van der Waals surface area (Å²) in [5, 5.41) is 8.81. The minimum atomic E-state index is -1.35. The number of carboxylic acids is 1. The molecule has 1 unspecified atom stereocenters. The first-order valence-corrected chi connectivity index (χ1v) is 6.91. The Bertz CT molecular complexity index is 584. The standard InChI is InChI=1S/C11H8BrClFNO3S/c12-8-6(13)2-5(11(17)18)10(9(8)14)15-3-4(19)1-7(15)16/h2,4,19H,1,3H2,(H,17,18). The van der Waals surface area contributed by atoms with Crippen LogP contribution >= 0.6 is 40.2 Å². The first-order valence-electron chi connectivity index (χ1n) is 5.22. The van der Waals surface area contributed by atoms with Gasteiger partial charge in [0.2, 0.25) is 5.91 Å². The summed E-state index contributed by atoms with van der Waals surface area (Å²) >= 11 is 12.8. The number of halogens is 3. The Morgan fingerprint density at radius 3 is 2.74 bits per heavy atom. The third-order valence-corrected chi connectivity index (χ3v) is 4.39. The quantitative estimate of drug-likeness (QED) is 0.623. The van der Waals surface area contributed by atoms with E-state index >= 15 is 0 Å². The second-order valence-electron chi connectivity index (χ2n) is 4.05. The zero-order chi connectivity index (χ0) is 14.3. The predicted octanol–water partition coefficient (Wildman–Crippen LogP) is 2.97. The highest BCUT2D eigenvalue weighted by molar-refractivity contribution is 9.10. The maximum atomic E-state index is 14.2. The SMILES string of the molecule is O=C(O)c1cc(Cl)c(Br)c(F)c1N1CC(S)CC1=O. The normalized spacial score (nSPS) is 19.1. The summed E-state index contributed by atoms with van der Waals surface area (Å²) < 4.78 is 14.2. The Balaban J connectivity index is 2.64. The van der Waals surface area contributed by atoms with Crippen LogP contribution in [0.5, 0.6) is 0 Å². The number of anilines is 1. The number of aromatic carboxylic acids is 1. The van der Waals surface area contributed by atoms with Gasteiger partial charge in [-0.05, 0) is 22.0 Å². The van der Waals surface area contributed by atoms with E-state index in [0.29, 0.717) is 0 Å². The summed E-state index contributed by atoms with van der Waals surface area (Å²) in [6, 6.07) is 1.12. The van der Waals surface area contributed by atoms with Crippen LogP contribution in [-0.4, -0.2) is 28.8 Å². The maximum absolute atomic E-state index is 14.2. The molecule has 1 heterocycles. The molecule has 1 aromatic carbocycles. The fraction of sp³-hybridized carbons (Fsp3) is 0.273. The van der Waals surface area contributed by atoms with Gasteiger partial charge in [0.05, 0.1) is 20.7 Å². The number of carbonyl (C=O) groups excluding carboxylic acids is 1. The Kier molecular flexibility index (Phi) is 4.08. The molecule has 1 aliphatic rings. The zero-order valence-electron chi connectivity index (χ0n) is 9.36. The number of hydrogen-bond acceptors (Lipinski definition) is 3. The predicted molar refractivity (Wildman–Crippen MR) is 75.8 cm³/mol. The van der Waals surface area contributed by atoms with Gasteiger partial charge in [-0.3, -0.25) is 4.79 Å². The molecule has 1 atom stereocenters. The number of benzene rings is 1. The second kappa shape index (κ2) is 5.30. The first kappa shape index (κ1) is 14.6. The van der Waals surface area contributed by atoms with Crippen LogP contribution in [0.15, 0.2) is 10.5 Å². The highest BCUT2D eigenvalue weighted by atomic mass is 79.9. The van der Waals surface area contributed by atoms with E-state index < -0.39 is 11.8 Å². The first-order chi connectivity index (χ1) is 8.82. The van der Waals surface area contributed by atoms with Crippen LogP contribution in [0.3, 0.4) is 0 Å². The Labute approximate surface area is 127 Å². The summed E-state index contributed by atoms with van der Waals surface area (Å²) in [7, 11) is 0. The molecule has 1 fully saturated rings. The molecule has 0 aromatic heterocycles. The fourth-order valence-electron chi connectivity index (χ4n) is 1.92. The highest BCUT2D eigenvalue weighted by Gasteiger charge is 2.34. The van der Waals surface area contributed by atoms with Crippen molar-refractivity contribution >= 4 is 57.7 Å². The van der Waals surface area contributed by atoms with Crippen molar-refractivity contribution in [3.63, 3.8) is 0 Å². The number of nitrogens with zero attached hydrogens (tertiary/aromatic N) is 1. The molecule has 8 heteroatoms. The van der Waals surface area contributed by atoms with Gasteiger partial charge in [0.25, 0.3) is 0 Å². The Morgan fingerprint density at radius 2 is 2.26 bits per heavy atom. The second-order valence-corrected chi connectivity index (χ2v) is 5.98. The van der Waals surface area contributed by atoms with Crippen molar-refractivity contribution in [3.8, 4) is 0 Å². The van der Waals surface area contributed by atoms with Gasteiger partial charge < -0.3 is 10.0 Å². The van der Waals surface area contributed by atoms with Gasteiger partial charge in [-0.25, -0.2) is 9.18 Å². The van der Waals surface area contributed by atoms with E-state index in [9.17, 15) is 14.0 Å². The number of thiol groups is 1. The van der Waals surface area contributed by atoms with Crippen LogP contribution in [0.25, 0.3) is 0 Å². The lowest BCUT2D eigenvalue weighted by atomic mass is 10.1. The lowest BCUT2D eigenvalue weighted by molar-refractivity contribution is -0.117. The van der Waals surface area contributed by atoms with Crippen molar-refractivity contribution < 1.29 is 19.1 Å². The van der Waals surface area contributed by atoms with Crippen LogP contribution in [0.1, 0.15) is 16.8 Å². The summed E-state index contributed by atoms with van der Waals surface area (Å²) in [4.78, 5) is 24.1. The number of rotatable bonds is 2. The molecule has 0 saturated carbocycles. The van der Waals surface area contributed by atoms with Gasteiger partial charge in [0.1, 0.15) is 0 Å². The van der Waals surface area contributed by atoms with Gasteiger partial charge in [-0.15, -0.1) is 0 Å². The van der Waals surface area contributed by atoms with Crippen molar-refractivity contribution in [2.24, 2.45) is 0 Å². The van der Waals surface area contributed by atoms with E-state index in [4.69, 9.17) is 16.7 Å². The molecular weight excluding hydrogens is 361 g/mol.